The topological polar surface area (TPSA) is 91.0 Å². The van der Waals surface area contributed by atoms with E-state index in [-0.39, 0.29) is 5.78 Å². The fourth-order valence-corrected chi connectivity index (χ4v) is 3.89. The molecule has 0 atom stereocenters. The summed E-state index contributed by atoms with van der Waals surface area (Å²) in [5.74, 6) is 1.48. The van der Waals surface area contributed by atoms with Gasteiger partial charge in [-0.3, -0.25) is 4.79 Å². The minimum absolute atomic E-state index is 0.0929. The molecule has 1 aliphatic heterocycles. The van der Waals surface area contributed by atoms with Crippen LogP contribution in [0.5, 0.6) is 0 Å². The van der Waals surface area contributed by atoms with Crippen molar-refractivity contribution in [3.63, 3.8) is 0 Å². The molecular weight excluding hydrogens is 382 g/mol. The van der Waals surface area contributed by atoms with Gasteiger partial charge in [-0.15, -0.1) is 0 Å². The lowest BCUT2D eigenvalue weighted by molar-refractivity contribution is 0.1000. The summed E-state index contributed by atoms with van der Waals surface area (Å²) in [5.41, 5.74) is 3.33. The van der Waals surface area contributed by atoms with Crippen LogP contribution in [-0.2, 0) is 11.3 Å². The molecule has 0 spiro atoms. The van der Waals surface area contributed by atoms with E-state index < -0.39 is 0 Å². The van der Waals surface area contributed by atoms with Crippen LogP contribution < -0.4 is 4.90 Å². The average Bonchev–Trinajstić information content (AvgIpc) is 3.34. The molecule has 4 heterocycles. The first-order chi connectivity index (χ1) is 14.5. The Kier molecular flexibility index (Phi) is 4.47. The SMILES string of the molecule is CCn1c(C(C)=O)nc2c(N3CCOCC3)nc(-n3cc4cc(C)ccc4n3)nc21. The van der Waals surface area contributed by atoms with Crippen LogP contribution in [0.25, 0.3) is 28.0 Å². The Balaban J connectivity index is 1.76. The number of aromatic nitrogens is 6. The van der Waals surface area contributed by atoms with Gasteiger partial charge in [-0.25, -0.2) is 9.67 Å². The predicted molar refractivity (Wildman–Crippen MR) is 113 cm³/mol. The number of anilines is 1. The van der Waals surface area contributed by atoms with Crippen molar-refractivity contribution < 1.29 is 9.53 Å². The molecule has 0 aliphatic carbocycles. The summed E-state index contributed by atoms with van der Waals surface area (Å²) in [7, 11) is 0. The molecule has 0 amide bonds. The average molecular weight is 405 g/mol. The number of carbonyl (C=O) groups excluding carboxylic acids is 1. The third-order valence-corrected chi connectivity index (χ3v) is 5.37. The molecule has 0 radical (unpaired) electrons. The molecule has 0 N–H and O–H groups in total. The second kappa shape index (κ2) is 7.17. The molecular formula is C21H23N7O2. The summed E-state index contributed by atoms with van der Waals surface area (Å²) in [5, 5.41) is 5.69. The molecule has 3 aromatic heterocycles. The fraction of sp³-hybridized carbons (Fsp3) is 0.381. The molecule has 5 rings (SSSR count). The van der Waals surface area contributed by atoms with Gasteiger partial charge in [-0.2, -0.15) is 15.1 Å². The van der Waals surface area contributed by atoms with Gasteiger partial charge in [0, 0.05) is 38.1 Å². The first kappa shape index (κ1) is 18.7. The number of ether oxygens (including phenoxy) is 1. The molecule has 9 nitrogen and oxygen atoms in total. The van der Waals surface area contributed by atoms with Gasteiger partial charge in [0.1, 0.15) is 0 Å². The van der Waals surface area contributed by atoms with E-state index in [4.69, 9.17) is 14.7 Å². The summed E-state index contributed by atoms with van der Waals surface area (Å²) in [6.07, 6.45) is 1.94. The maximum atomic E-state index is 12.2. The summed E-state index contributed by atoms with van der Waals surface area (Å²) >= 11 is 0. The number of hydrogen-bond acceptors (Lipinski definition) is 7. The number of nitrogens with zero attached hydrogens (tertiary/aromatic N) is 7. The van der Waals surface area contributed by atoms with Gasteiger partial charge in [0.15, 0.2) is 28.6 Å². The highest BCUT2D eigenvalue weighted by Crippen LogP contribution is 2.27. The second-order valence-electron chi connectivity index (χ2n) is 7.49. The number of rotatable bonds is 4. The molecule has 1 aromatic carbocycles. The standard InChI is InChI=1S/C21H23N7O2/c1-4-27-18(14(3)29)22-17-19(26-7-9-30-10-8-26)23-21(24-20(17)27)28-12-15-11-13(2)5-6-16(15)25-28/h5-6,11-12H,4,7-10H2,1-3H3. The van der Waals surface area contributed by atoms with E-state index in [1.54, 1.807) is 4.68 Å². The van der Waals surface area contributed by atoms with Gasteiger partial charge >= 0.3 is 0 Å². The van der Waals surface area contributed by atoms with Crippen LogP contribution in [-0.4, -0.2) is 61.4 Å². The highest BCUT2D eigenvalue weighted by Gasteiger charge is 2.24. The van der Waals surface area contributed by atoms with E-state index in [1.807, 2.05) is 29.8 Å². The van der Waals surface area contributed by atoms with Crippen LogP contribution in [0.3, 0.4) is 0 Å². The van der Waals surface area contributed by atoms with Crippen LogP contribution in [0.1, 0.15) is 30.0 Å². The lowest BCUT2D eigenvalue weighted by atomic mass is 10.2. The Morgan fingerprint density at radius 3 is 2.70 bits per heavy atom. The number of aryl methyl sites for hydroxylation is 2. The number of imidazole rings is 1. The number of hydrogen-bond donors (Lipinski definition) is 0. The number of carbonyl (C=O) groups is 1. The Bertz CT molecular complexity index is 1270. The molecule has 0 saturated carbocycles. The lowest BCUT2D eigenvalue weighted by Crippen LogP contribution is -2.37. The van der Waals surface area contributed by atoms with Crippen LogP contribution in [0.2, 0.25) is 0 Å². The summed E-state index contributed by atoms with van der Waals surface area (Å²) in [4.78, 5) is 28.6. The van der Waals surface area contributed by atoms with Gasteiger partial charge in [0.2, 0.25) is 0 Å². The molecule has 1 aliphatic rings. The molecule has 1 fully saturated rings. The molecule has 0 bridgehead atoms. The van der Waals surface area contributed by atoms with Crippen molar-refractivity contribution in [3.8, 4) is 5.95 Å². The maximum absolute atomic E-state index is 12.2. The van der Waals surface area contributed by atoms with Gasteiger partial charge < -0.3 is 14.2 Å². The smallest absolute Gasteiger partial charge is 0.254 e. The highest BCUT2D eigenvalue weighted by atomic mass is 16.5. The van der Waals surface area contributed by atoms with Gasteiger partial charge in [-0.05, 0) is 26.0 Å². The van der Waals surface area contributed by atoms with Crippen LogP contribution in [0.4, 0.5) is 5.82 Å². The fourth-order valence-electron chi connectivity index (χ4n) is 3.89. The summed E-state index contributed by atoms with van der Waals surface area (Å²) in [6.45, 7) is 8.82. The molecule has 0 unspecified atom stereocenters. The van der Waals surface area contributed by atoms with Crippen molar-refractivity contribution in [3.05, 3.63) is 35.8 Å². The number of fused-ring (bicyclic) bond motifs is 2. The Morgan fingerprint density at radius 1 is 1.17 bits per heavy atom. The normalized spacial score (nSPS) is 14.7. The monoisotopic (exact) mass is 405 g/mol. The van der Waals surface area contributed by atoms with Crippen molar-refractivity contribution in [2.45, 2.75) is 27.3 Å². The minimum atomic E-state index is -0.0929. The molecule has 9 heteroatoms. The van der Waals surface area contributed by atoms with Crippen molar-refractivity contribution >= 4 is 33.7 Å². The third-order valence-electron chi connectivity index (χ3n) is 5.37. The zero-order valence-corrected chi connectivity index (χ0v) is 17.3. The van der Waals surface area contributed by atoms with Crippen LogP contribution >= 0.6 is 0 Å². The zero-order valence-electron chi connectivity index (χ0n) is 17.3. The van der Waals surface area contributed by atoms with Gasteiger partial charge in [0.25, 0.3) is 5.95 Å². The molecule has 30 heavy (non-hydrogen) atoms. The molecule has 154 valence electrons. The Labute approximate surface area is 173 Å². The zero-order chi connectivity index (χ0) is 20.8. The number of benzene rings is 1. The second-order valence-corrected chi connectivity index (χ2v) is 7.49. The minimum Gasteiger partial charge on any atom is -0.378 e. The van der Waals surface area contributed by atoms with Crippen LogP contribution in [0, 0.1) is 6.92 Å². The van der Waals surface area contributed by atoms with Crippen molar-refractivity contribution in [1.29, 1.82) is 0 Å². The Morgan fingerprint density at radius 2 is 1.97 bits per heavy atom. The highest BCUT2D eigenvalue weighted by molar-refractivity contribution is 5.96. The van der Waals surface area contributed by atoms with E-state index >= 15 is 0 Å². The van der Waals surface area contributed by atoms with Crippen molar-refractivity contribution in [2.75, 3.05) is 31.2 Å². The van der Waals surface area contributed by atoms with E-state index in [0.29, 0.717) is 61.6 Å². The van der Waals surface area contributed by atoms with E-state index in [2.05, 4.69) is 28.0 Å². The third kappa shape index (κ3) is 3.02. The molecule has 1 saturated heterocycles. The van der Waals surface area contributed by atoms with Crippen LogP contribution in [0.15, 0.2) is 24.4 Å². The number of morpholine rings is 1. The maximum Gasteiger partial charge on any atom is 0.254 e. The predicted octanol–water partition coefficient (Wildman–Crippen LogP) is 2.53. The summed E-state index contributed by atoms with van der Waals surface area (Å²) in [6, 6.07) is 6.12. The van der Waals surface area contributed by atoms with Gasteiger partial charge in [-0.1, -0.05) is 11.6 Å². The molecule has 4 aromatic rings. The van der Waals surface area contributed by atoms with E-state index in [1.165, 1.54) is 12.5 Å². The van der Waals surface area contributed by atoms with Gasteiger partial charge in [0.05, 0.1) is 18.7 Å². The summed E-state index contributed by atoms with van der Waals surface area (Å²) < 4.78 is 9.05. The number of ketones is 1. The largest absolute Gasteiger partial charge is 0.378 e. The number of Topliss-reactive ketones (excluding diaryl/α,β-unsaturated/α-hetero) is 1. The van der Waals surface area contributed by atoms with E-state index in [0.717, 1.165) is 10.9 Å². The van der Waals surface area contributed by atoms with Crippen molar-refractivity contribution in [2.24, 2.45) is 0 Å². The first-order valence-electron chi connectivity index (χ1n) is 10.1. The quantitative estimate of drug-likeness (QED) is 0.482. The first-order valence-corrected chi connectivity index (χ1v) is 10.1. The van der Waals surface area contributed by atoms with E-state index in [9.17, 15) is 4.79 Å². The lowest BCUT2D eigenvalue weighted by Gasteiger charge is -2.28. The Hall–Kier alpha value is -3.33. The van der Waals surface area contributed by atoms with Crippen molar-refractivity contribution in [1.82, 2.24) is 29.3 Å².